The molecule has 2 N–H and O–H groups in total. The summed E-state index contributed by atoms with van der Waals surface area (Å²) in [5.41, 5.74) is 1.26. The maximum absolute atomic E-state index is 13.2. The highest BCUT2D eigenvalue weighted by Gasteiger charge is 2.31. The van der Waals surface area contributed by atoms with Crippen LogP contribution < -0.4 is 15.4 Å². The zero-order chi connectivity index (χ0) is 23.0. The first-order valence-corrected chi connectivity index (χ1v) is 12.2. The molecular formula is C22H23ClN2O6S. The van der Waals surface area contributed by atoms with Gasteiger partial charge in [-0.3, -0.25) is 4.79 Å². The van der Waals surface area contributed by atoms with Crippen LogP contribution in [-0.2, 0) is 25.1 Å². The minimum Gasteiger partial charge on any atom is -0.465 e. The summed E-state index contributed by atoms with van der Waals surface area (Å²) in [4.78, 5) is 24.1. The number of rotatable bonds is 5. The molecule has 4 rings (SSSR count). The van der Waals surface area contributed by atoms with Crippen molar-refractivity contribution in [2.75, 3.05) is 19.0 Å². The first-order valence-electron chi connectivity index (χ1n) is 10.2. The third kappa shape index (κ3) is 4.46. The smallest absolute Gasteiger partial charge is 0.337 e. The van der Waals surface area contributed by atoms with Gasteiger partial charge in [0.2, 0.25) is 5.91 Å². The normalized spacial score (nSPS) is 16.6. The van der Waals surface area contributed by atoms with Crippen molar-refractivity contribution < 1.29 is 27.5 Å². The Bertz CT molecular complexity index is 1210. The molecule has 1 aliphatic carbocycles. The average molecular weight is 479 g/mol. The van der Waals surface area contributed by atoms with Crippen molar-refractivity contribution in [3.8, 4) is 11.5 Å². The van der Waals surface area contributed by atoms with Crippen LogP contribution in [-0.4, -0.2) is 40.0 Å². The number of carbonyl (C=O) groups excluding carboxylic acids is 2. The predicted octanol–water partition coefficient (Wildman–Crippen LogP) is 3.60. The van der Waals surface area contributed by atoms with Gasteiger partial charge < -0.3 is 20.1 Å². The zero-order valence-electron chi connectivity index (χ0n) is 17.7. The van der Waals surface area contributed by atoms with Crippen LogP contribution in [0, 0.1) is 6.92 Å². The summed E-state index contributed by atoms with van der Waals surface area (Å²) < 4.78 is 37.0. The van der Waals surface area contributed by atoms with E-state index in [1.165, 1.54) is 25.3 Å². The minimum absolute atomic E-state index is 0.111. The van der Waals surface area contributed by atoms with E-state index in [1.54, 1.807) is 13.0 Å². The Balaban J connectivity index is 1.65. The molecular weight excluding hydrogens is 456 g/mol. The number of carbonyl (C=O) groups is 2. The van der Waals surface area contributed by atoms with Crippen molar-refractivity contribution in [3.05, 3.63) is 46.0 Å². The number of fused-ring (bicyclic) bond motifs is 2. The number of nitrogens with one attached hydrogen (secondary N) is 2. The molecule has 1 aliphatic heterocycles. The number of sulfone groups is 1. The lowest BCUT2D eigenvalue weighted by Crippen LogP contribution is -2.40. The number of amides is 1. The van der Waals surface area contributed by atoms with E-state index in [-0.39, 0.29) is 39.4 Å². The molecule has 8 nitrogen and oxygen atoms in total. The summed E-state index contributed by atoms with van der Waals surface area (Å²) in [6.07, 6.45) is 3.28. The molecule has 0 spiro atoms. The maximum Gasteiger partial charge on any atom is 0.337 e. The largest absolute Gasteiger partial charge is 0.465 e. The molecule has 1 heterocycles. The van der Waals surface area contributed by atoms with Crippen LogP contribution in [0.15, 0.2) is 29.2 Å². The molecule has 170 valence electrons. The monoisotopic (exact) mass is 478 g/mol. The summed E-state index contributed by atoms with van der Waals surface area (Å²) in [5.74, 6) is -0.977. The second-order valence-electron chi connectivity index (χ2n) is 7.98. The molecule has 0 saturated heterocycles. The number of halogens is 1. The summed E-state index contributed by atoms with van der Waals surface area (Å²) in [5, 5.41) is 6.09. The Morgan fingerprint density at radius 1 is 1.19 bits per heavy atom. The molecule has 32 heavy (non-hydrogen) atoms. The van der Waals surface area contributed by atoms with Crippen LogP contribution in [0.25, 0.3) is 0 Å². The van der Waals surface area contributed by atoms with Gasteiger partial charge in [-0.1, -0.05) is 18.0 Å². The molecule has 1 fully saturated rings. The Hall–Kier alpha value is -2.62. The van der Waals surface area contributed by atoms with E-state index in [1.807, 2.05) is 0 Å². The van der Waals surface area contributed by atoms with Crippen molar-refractivity contribution in [1.29, 1.82) is 0 Å². The van der Waals surface area contributed by atoms with Crippen molar-refractivity contribution in [1.82, 2.24) is 5.32 Å². The Morgan fingerprint density at radius 2 is 1.94 bits per heavy atom. The molecule has 2 aromatic carbocycles. The van der Waals surface area contributed by atoms with E-state index >= 15 is 0 Å². The minimum atomic E-state index is -3.87. The summed E-state index contributed by atoms with van der Waals surface area (Å²) in [7, 11) is -2.65. The number of aryl methyl sites for hydroxylation is 1. The van der Waals surface area contributed by atoms with Crippen LogP contribution in [0.2, 0.25) is 5.02 Å². The second kappa shape index (κ2) is 8.73. The lowest BCUT2D eigenvalue weighted by atomic mass is 9.93. The number of esters is 1. The molecule has 2 aromatic rings. The number of benzene rings is 2. The van der Waals surface area contributed by atoms with Gasteiger partial charge in [0, 0.05) is 17.3 Å². The molecule has 2 aliphatic rings. The van der Waals surface area contributed by atoms with E-state index in [2.05, 4.69) is 10.6 Å². The fourth-order valence-corrected chi connectivity index (χ4v) is 5.57. The highest BCUT2D eigenvalue weighted by molar-refractivity contribution is 7.90. The first-order chi connectivity index (χ1) is 15.2. The summed E-state index contributed by atoms with van der Waals surface area (Å²) >= 11 is 6.42. The zero-order valence-corrected chi connectivity index (χ0v) is 19.2. The van der Waals surface area contributed by atoms with Gasteiger partial charge in [-0.05, 0) is 49.6 Å². The number of anilines is 1. The third-order valence-corrected chi connectivity index (χ3v) is 7.55. The van der Waals surface area contributed by atoms with E-state index in [9.17, 15) is 18.0 Å². The van der Waals surface area contributed by atoms with Crippen molar-refractivity contribution >= 4 is 39.0 Å². The molecule has 1 amide bonds. The third-order valence-electron chi connectivity index (χ3n) is 5.61. The van der Waals surface area contributed by atoms with Crippen LogP contribution in [0.3, 0.4) is 0 Å². The second-order valence-corrected chi connectivity index (χ2v) is 10.3. The first kappa shape index (κ1) is 22.6. The average Bonchev–Trinajstić information content (AvgIpc) is 2.80. The van der Waals surface area contributed by atoms with Crippen LogP contribution in [0.1, 0.15) is 40.7 Å². The highest BCUT2D eigenvalue weighted by Crippen LogP contribution is 2.44. The summed E-state index contributed by atoms with van der Waals surface area (Å²) in [6.45, 7) is 1.80. The Kier molecular flexibility index (Phi) is 6.15. The maximum atomic E-state index is 13.2. The van der Waals surface area contributed by atoms with Crippen LogP contribution in [0.5, 0.6) is 11.5 Å². The number of hydrogen-bond donors (Lipinski definition) is 2. The highest BCUT2D eigenvalue weighted by atomic mass is 35.5. The van der Waals surface area contributed by atoms with Crippen molar-refractivity contribution in [3.63, 3.8) is 0 Å². The lowest BCUT2D eigenvalue weighted by Gasteiger charge is -2.26. The quantitative estimate of drug-likeness (QED) is 0.631. The van der Waals surface area contributed by atoms with Gasteiger partial charge in [0.05, 0.1) is 30.0 Å². The van der Waals surface area contributed by atoms with E-state index < -0.39 is 21.6 Å². The van der Waals surface area contributed by atoms with Crippen LogP contribution in [0.4, 0.5) is 5.69 Å². The molecule has 0 bridgehead atoms. The number of hydrogen-bond acceptors (Lipinski definition) is 7. The predicted molar refractivity (Wildman–Crippen MR) is 119 cm³/mol. The topological polar surface area (TPSA) is 111 Å². The molecule has 0 unspecified atom stereocenters. The molecule has 0 aromatic heterocycles. The van der Waals surface area contributed by atoms with Gasteiger partial charge in [-0.15, -0.1) is 0 Å². The lowest BCUT2D eigenvalue weighted by molar-refractivity contribution is -0.115. The fourth-order valence-electron chi connectivity index (χ4n) is 3.72. The van der Waals surface area contributed by atoms with Gasteiger partial charge in [0.1, 0.15) is 16.4 Å². The Morgan fingerprint density at radius 3 is 2.59 bits per heavy atom. The van der Waals surface area contributed by atoms with Gasteiger partial charge in [-0.2, -0.15) is 0 Å². The molecule has 0 atom stereocenters. The van der Waals surface area contributed by atoms with E-state index in [0.717, 1.165) is 19.3 Å². The van der Waals surface area contributed by atoms with Gasteiger partial charge in [0.15, 0.2) is 9.84 Å². The fraction of sp³-hybridized carbons (Fsp3) is 0.364. The van der Waals surface area contributed by atoms with Crippen LogP contribution >= 0.6 is 11.6 Å². The number of methoxy groups -OCH3 is 1. The standard InChI is InChI=1S/C22H23ClN2O6S/c1-12-6-13(22(27)30-2)8-18-20(12)31-21-14(11-32(18,28)29)7-16(9-17(21)23)25-19(26)10-24-15-4-3-5-15/h6-9,15,24H,3-5,10-11H2,1-2H3,(H,25,26). The SMILES string of the molecule is COC(=O)c1cc(C)c2c(c1)S(=O)(=O)Cc1cc(NC(=O)CNC3CCC3)cc(Cl)c1O2. The Labute approximate surface area is 191 Å². The molecule has 1 saturated carbocycles. The summed E-state index contributed by atoms with van der Waals surface area (Å²) in [6, 6.07) is 6.19. The molecule has 0 radical (unpaired) electrons. The van der Waals surface area contributed by atoms with E-state index in [0.29, 0.717) is 22.9 Å². The number of ether oxygens (including phenoxy) is 2. The van der Waals surface area contributed by atoms with Gasteiger partial charge in [0.25, 0.3) is 0 Å². The van der Waals surface area contributed by atoms with Crippen molar-refractivity contribution in [2.45, 2.75) is 42.9 Å². The molecule has 10 heteroatoms. The van der Waals surface area contributed by atoms with Gasteiger partial charge >= 0.3 is 5.97 Å². The van der Waals surface area contributed by atoms with E-state index in [4.69, 9.17) is 21.1 Å². The van der Waals surface area contributed by atoms with Gasteiger partial charge in [-0.25, -0.2) is 13.2 Å². The van der Waals surface area contributed by atoms with Crippen molar-refractivity contribution in [2.24, 2.45) is 0 Å².